The van der Waals surface area contributed by atoms with Crippen molar-refractivity contribution in [3.05, 3.63) is 42.5 Å². The summed E-state index contributed by atoms with van der Waals surface area (Å²) in [6.07, 6.45) is 0. The molecule has 0 aromatic heterocycles. The zero-order valence-corrected chi connectivity index (χ0v) is 17.1. The van der Waals surface area contributed by atoms with Crippen LogP contribution in [0.1, 0.15) is 6.92 Å². The zero-order valence-electron chi connectivity index (χ0n) is 16.3. The van der Waals surface area contributed by atoms with Gasteiger partial charge in [-0.3, -0.25) is 9.69 Å². The molecule has 2 aliphatic rings. The highest BCUT2D eigenvalue weighted by Crippen LogP contribution is 2.22. The summed E-state index contributed by atoms with van der Waals surface area (Å²) in [6, 6.07) is 12.1. The molecule has 29 heavy (non-hydrogen) atoms. The van der Waals surface area contributed by atoms with Gasteiger partial charge in [0.15, 0.2) is 6.04 Å². The van der Waals surface area contributed by atoms with Crippen LogP contribution in [0.3, 0.4) is 0 Å². The van der Waals surface area contributed by atoms with Crippen molar-refractivity contribution in [3.63, 3.8) is 0 Å². The van der Waals surface area contributed by atoms with Crippen LogP contribution in [0.4, 0.5) is 4.79 Å². The first-order valence-electron chi connectivity index (χ1n) is 9.80. The molecule has 1 atom stereocenters. The average Bonchev–Trinajstić information content (AvgIpc) is 3.18. The lowest BCUT2D eigenvalue weighted by molar-refractivity contribution is -0.917. The van der Waals surface area contributed by atoms with E-state index in [1.807, 2.05) is 30.3 Å². The van der Waals surface area contributed by atoms with E-state index in [1.165, 1.54) is 9.21 Å². The molecule has 2 saturated heterocycles. The van der Waals surface area contributed by atoms with Crippen molar-refractivity contribution in [2.75, 3.05) is 39.3 Å². The van der Waals surface area contributed by atoms with Crippen molar-refractivity contribution in [3.8, 4) is 0 Å². The van der Waals surface area contributed by atoms with Crippen LogP contribution in [0.5, 0.6) is 0 Å². The Morgan fingerprint density at radius 1 is 1.07 bits per heavy atom. The Morgan fingerprint density at radius 3 is 2.41 bits per heavy atom. The van der Waals surface area contributed by atoms with Gasteiger partial charge in [-0.25, -0.2) is 13.2 Å². The molecule has 3 amide bonds. The summed E-state index contributed by atoms with van der Waals surface area (Å²) < 4.78 is 27.7. The van der Waals surface area contributed by atoms with Gasteiger partial charge in [-0.1, -0.05) is 30.3 Å². The van der Waals surface area contributed by atoms with Gasteiger partial charge in [0.1, 0.15) is 0 Å². The largest absolute Gasteiger partial charge is 0.336 e. The molecule has 0 spiro atoms. The number of amides is 3. The third-order valence-electron chi connectivity index (χ3n) is 5.83. The SMILES string of the molecule is C[C@@H](C(=O)N1CCNC1=O)[NH+]1CCN(S(=O)(=O)c2ccc3ccccc3c2)CC1. The lowest BCUT2D eigenvalue weighted by Gasteiger charge is -2.34. The van der Waals surface area contributed by atoms with E-state index >= 15 is 0 Å². The fraction of sp³-hybridized carbons (Fsp3) is 0.400. The maximum atomic E-state index is 13.1. The number of urea groups is 1. The first kappa shape index (κ1) is 19.8. The molecule has 2 aromatic rings. The van der Waals surface area contributed by atoms with Gasteiger partial charge in [0.25, 0.3) is 5.91 Å². The minimum absolute atomic E-state index is 0.208. The van der Waals surface area contributed by atoms with Crippen molar-refractivity contribution in [1.82, 2.24) is 14.5 Å². The van der Waals surface area contributed by atoms with Gasteiger partial charge in [0, 0.05) is 13.1 Å². The maximum Gasteiger partial charge on any atom is 0.324 e. The first-order valence-corrected chi connectivity index (χ1v) is 11.2. The number of fused-ring (bicyclic) bond motifs is 1. The number of rotatable bonds is 4. The third kappa shape index (κ3) is 3.73. The van der Waals surface area contributed by atoms with Gasteiger partial charge < -0.3 is 10.2 Å². The van der Waals surface area contributed by atoms with Crippen molar-refractivity contribution >= 4 is 32.7 Å². The van der Waals surface area contributed by atoms with E-state index in [9.17, 15) is 18.0 Å². The Labute approximate surface area is 170 Å². The van der Waals surface area contributed by atoms with Gasteiger partial charge in [0.2, 0.25) is 10.0 Å². The molecule has 0 unspecified atom stereocenters. The van der Waals surface area contributed by atoms with Crippen molar-refractivity contribution in [2.24, 2.45) is 0 Å². The number of hydrogen-bond donors (Lipinski definition) is 2. The number of benzene rings is 2. The maximum absolute atomic E-state index is 13.1. The Hall–Kier alpha value is -2.49. The molecule has 9 heteroatoms. The van der Waals surface area contributed by atoms with Crippen LogP contribution in [-0.4, -0.2) is 74.9 Å². The second-order valence-corrected chi connectivity index (χ2v) is 9.45. The van der Waals surface area contributed by atoms with E-state index in [4.69, 9.17) is 0 Å². The topological polar surface area (TPSA) is 91.2 Å². The Kier molecular flexibility index (Phi) is 5.28. The number of imide groups is 1. The summed E-state index contributed by atoms with van der Waals surface area (Å²) in [6.45, 7) is 4.39. The summed E-state index contributed by atoms with van der Waals surface area (Å²) in [5.41, 5.74) is 0. The molecule has 2 heterocycles. The van der Waals surface area contributed by atoms with E-state index < -0.39 is 10.0 Å². The van der Waals surface area contributed by atoms with Gasteiger partial charge in [0.05, 0.1) is 31.1 Å². The second kappa shape index (κ2) is 7.74. The normalized spacial score (nSPS) is 20.0. The van der Waals surface area contributed by atoms with Crippen LogP contribution >= 0.6 is 0 Å². The van der Waals surface area contributed by atoms with Gasteiger partial charge >= 0.3 is 6.03 Å². The highest BCUT2D eigenvalue weighted by atomic mass is 32.2. The minimum atomic E-state index is -3.59. The van der Waals surface area contributed by atoms with Crippen molar-refractivity contribution < 1.29 is 22.9 Å². The molecule has 0 aliphatic carbocycles. The number of quaternary nitrogens is 1. The van der Waals surface area contributed by atoms with Gasteiger partial charge in [-0.05, 0) is 29.8 Å². The number of nitrogens with one attached hydrogen (secondary N) is 2. The Bertz CT molecular complexity index is 1050. The van der Waals surface area contributed by atoms with Crippen LogP contribution < -0.4 is 10.2 Å². The molecule has 0 radical (unpaired) electrons. The van der Waals surface area contributed by atoms with E-state index in [0.29, 0.717) is 39.3 Å². The van der Waals surface area contributed by atoms with E-state index in [0.717, 1.165) is 15.7 Å². The predicted octanol–water partition coefficient (Wildman–Crippen LogP) is -0.331. The summed E-state index contributed by atoms with van der Waals surface area (Å²) in [5.74, 6) is -0.208. The number of carbonyl (C=O) groups excluding carboxylic acids is 2. The molecule has 8 nitrogen and oxygen atoms in total. The van der Waals surface area contributed by atoms with Crippen molar-refractivity contribution in [2.45, 2.75) is 17.9 Å². The predicted molar refractivity (Wildman–Crippen MR) is 108 cm³/mol. The second-order valence-electron chi connectivity index (χ2n) is 7.51. The molecule has 2 aromatic carbocycles. The van der Waals surface area contributed by atoms with E-state index in [-0.39, 0.29) is 22.9 Å². The Balaban J connectivity index is 1.44. The van der Waals surface area contributed by atoms with Crippen LogP contribution in [0.2, 0.25) is 0 Å². The smallest absolute Gasteiger partial charge is 0.324 e. The molecule has 0 saturated carbocycles. The van der Waals surface area contributed by atoms with E-state index in [2.05, 4.69) is 5.32 Å². The van der Waals surface area contributed by atoms with Crippen LogP contribution in [-0.2, 0) is 14.8 Å². The molecule has 154 valence electrons. The molecule has 4 rings (SSSR count). The molecule has 2 fully saturated rings. The standard InChI is InChI=1S/C20H24N4O4S/c1-15(19(25)24-9-8-21-20(24)26)22-10-12-23(13-11-22)29(27,28)18-7-6-16-4-2-3-5-17(16)14-18/h2-7,14-15H,8-13H2,1H3,(H,21,26)/p+1/t15-/m0/s1. The van der Waals surface area contributed by atoms with Crippen LogP contribution in [0.15, 0.2) is 47.4 Å². The highest BCUT2D eigenvalue weighted by molar-refractivity contribution is 7.89. The first-order chi connectivity index (χ1) is 13.9. The van der Waals surface area contributed by atoms with Gasteiger partial charge in [-0.2, -0.15) is 4.31 Å². The summed E-state index contributed by atoms with van der Waals surface area (Å²) in [4.78, 5) is 26.9. The molecule has 2 N–H and O–H groups in total. The number of piperazine rings is 1. The number of sulfonamides is 1. The highest BCUT2D eigenvalue weighted by Gasteiger charge is 2.38. The lowest BCUT2D eigenvalue weighted by atomic mass is 10.1. The lowest BCUT2D eigenvalue weighted by Crippen LogP contribution is -3.19. The number of carbonyl (C=O) groups is 2. The summed E-state index contributed by atoms with van der Waals surface area (Å²) in [5, 5.41) is 4.52. The van der Waals surface area contributed by atoms with Gasteiger partial charge in [-0.15, -0.1) is 0 Å². The monoisotopic (exact) mass is 417 g/mol. The Morgan fingerprint density at radius 2 is 1.76 bits per heavy atom. The van der Waals surface area contributed by atoms with Crippen LogP contribution in [0.25, 0.3) is 10.8 Å². The van der Waals surface area contributed by atoms with Crippen LogP contribution in [0, 0.1) is 0 Å². The number of hydrogen-bond acceptors (Lipinski definition) is 4. The zero-order chi connectivity index (χ0) is 20.6. The molecular formula is C20H25N4O4S+. The molecule has 2 aliphatic heterocycles. The summed E-state index contributed by atoms with van der Waals surface area (Å²) >= 11 is 0. The number of nitrogens with zero attached hydrogens (tertiary/aromatic N) is 2. The average molecular weight is 418 g/mol. The fourth-order valence-corrected chi connectivity index (χ4v) is 5.49. The third-order valence-corrected chi connectivity index (χ3v) is 7.72. The molecule has 0 bridgehead atoms. The van der Waals surface area contributed by atoms with Crippen molar-refractivity contribution in [1.29, 1.82) is 0 Å². The fourth-order valence-electron chi connectivity index (χ4n) is 4.01. The van der Waals surface area contributed by atoms with E-state index in [1.54, 1.807) is 19.1 Å². The minimum Gasteiger partial charge on any atom is -0.336 e. The quantitative estimate of drug-likeness (QED) is 0.713. The molecular weight excluding hydrogens is 392 g/mol. The summed E-state index contributed by atoms with van der Waals surface area (Å²) in [7, 11) is -3.59.